The lowest BCUT2D eigenvalue weighted by Crippen LogP contribution is -2.34. The first-order valence-electron chi connectivity index (χ1n) is 8.37. The predicted octanol–water partition coefficient (Wildman–Crippen LogP) is 4.09. The van der Waals surface area contributed by atoms with Gasteiger partial charge in [0.2, 0.25) is 0 Å². The van der Waals surface area contributed by atoms with Gasteiger partial charge in [-0.15, -0.1) is 0 Å². The minimum atomic E-state index is 0.716. The zero-order chi connectivity index (χ0) is 15.0. The van der Waals surface area contributed by atoms with Crippen LogP contribution in [-0.4, -0.2) is 32.6 Å². The molecule has 3 rings (SSSR count). The average Bonchev–Trinajstić information content (AvgIpc) is 2.85. The van der Waals surface area contributed by atoms with E-state index >= 15 is 0 Å². The summed E-state index contributed by atoms with van der Waals surface area (Å²) in [6, 6.07) is 6.88. The topological polar surface area (TPSA) is 12.5 Å². The Hall–Kier alpha value is -1.02. The van der Waals surface area contributed by atoms with E-state index in [9.17, 15) is 0 Å². The Morgan fingerprint density at radius 3 is 2.71 bits per heavy atom. The van der Waals surface area contributed by atoms with Crippen LogP contribution in [0.2, 0.25) is 0 Å². The Balaban J connectivity index is 1.90. The van der Waals surface area contributed by atoms with E-state index in [4.69, 9.17) is 4.74 Å². The molecular weight excluding hydrogens is 258 g/mol. The van der Waals surface area contributed by atoms with E-state index < -0.39 is 0 Å². The molecule has 2 nitrogen and oxygen atoms in total. The van der Waals surface area contributed by atoms with Crippen LogP contribution in [0, 0.1) is 24.7 Å². The van der Waals surface area contributed by atoms with Gasteiger partial charge < -0.3 is 9.64 Å². The normalized spacial score (nSPS) is 31.7. The highest BCUT2D eigenvalue weighted by Crippen LogP contribution is 2.52. The SMILES string of the molecule is COc1cc(C2C[C@@H]3CC[C@@H](C3)C2CN(C)C)ccc1C. The molecular formula is C19H29NO. The number of aryl methyl sites for hydroxylation is 1. The maximum Gasteiger partial charge on any atom is 0.122 e. The summed E-state index contributed by atoms with van der Waals surface area (Å²) in [6.45, 7) is 3.35. The van der Waals surface area contributed by atoms with Crippen LogP contribution < -0.4 is 4.74 Å². The van der Waals surface area contributed by atoms with Crippen LogP contribution in [0.25, 0.3) is 0 Å². The number of fused-ring (bicyclic) bond motifs is 2. The van der Waals surface area contributed by atoms with Crippen molar-refractivity contribution in [1.82, 2.24) is 4.90 Å². The fourth-order valence-electron chi connectivity index (χ4n) is 4.73. The van der Waals surface area contributed by atoms with Crippen LogP contribution in [0.15, 0.2) is 18.2 Å². The number of hydrogen-bond donors (Lipinski definition) is 0. The lowest BCUT2D eigenvalue weighted by Gasteiger charge is -2.39. The van der Waals surface area contributed by atoms with Gasteiger partial charge in [0.05, 0.1) is 7.11 Å². The zero-order valence-corrected chi connectivity index (χ0v) is 13.9. The lowest BCUT2D eigenvalue weighted by molar-refractivity contribution is 0.165. The molecule has 2 heteroatoms. The second kappa shape index (κ2) is 6.00. The fraction of sp³-hybridized carbons (Fsp3) is 0.684. The summed E-state index contributed by atoms with van der Waals surface area (Å²) in [6.07, 6.45) is 5.75. The van der Waals surface area contributed by atoms with Crippen LogP contribution in [0.5, 0.6) is 5.75 Å². The van der Waals surface area contributed by atoms with Crippen molar-refractivity contribution in [3.63, 3.8) is 0 Å². The highest BCUT2D eigenvalue weighted by atomic mass is 16.5. The van der Waals surface area contributed by atoms with E-state index in [-0.39, 0.29) is 0 Å². The molecule has 0 heterocycles. The van der Waals surface area contributed by atoms with Gasteiger partial charge in [0.1, 0.15) is 5.75 Å². The molecule has 0 aromatic heterocycles. The number of methoxy groups -OCH3 is 1. The van der Waals surface area contributed by atoms with E-state index in [1.54, 1.807) is 7.11 Å². The largest absolute Gasteiger partial charge is 0.496 e. The minimum absolute atomic E-state index is 0.716. The maximum absolute atomic E-state index is 5.55. The molecule has 2 aliphatic rings. The van der Waals surface area contributed by atoms with Gasteiger partial charge in [-0.25, -0.2) is 0 Å². The van der Waals surface area contributed by atoms with Gasteiger partial charge in [-0.2, -0.15) is 0 Å². The van der Waals surface area contributed by atoms with Gasteiger partial charge in [0.25, 0.3) is 0 Å². The smallest absolute Gasteiger partial charge is 0.122 e. The molecule has 21 heavy (non-hydrogen) atoms. The highest BCUT2D eigenvalue weighted by molar-refractivity contribution is 5.38. The quantitative estimate of drug-likeness (QED) is 0.827. The second-order valence-electron chi connectivity index (χ2n) is 7.44. The third-order valence-electron chi connectivity index (χ3n) is 5.73. The summed E-state index contributed by atoms with van der Waals surface area (Å²) in [5.41, 5.74) is 2.74. The van der Waals surface area contributed by atoms with Crippen LogP contribution in [-0.2, 0) is 0 Å². The Bertz CT molecular complexity index is 496. The van der Waals surface area contributed by atoms with Crippen molar-refractivity contribution in [2.24, 2.45) is 17.8 Å². The first kappa shape index (κ1) is 14.9. The van der Waals surface area contributed by atoms with E-state index in [0.717, 1.165) is 23.5 Å². The van der Waals surface area contributed by atoms with E-state index in [1.165, 1.54) is 43.4 Å². The molecule has 0 N–H and O–H groups in total. The Morgan fingerprint density at radius 2 is 2.00 bits per heavy atom. The second-order valence-corrected chi connectivity index (χ2v) is 7.44. The summed E-state index contributed by atoms with van der Waals surface area (Å²) in [5, 5.41) is 0. The minimum Gasteiger partial charge on any atom is -0.496 e. The predicted molar refractivity (Wildman–Crippen MR) is 88.0 cm³/mol. The molecule has 4 atom stereocenters. The van der Waals surface area contributed by atoms with Crippen molar-refractivity contribution in [3.05, 3.63) is 29.3 Å². The van der Waals surface area contributed by atoms with Crippen molar-refractivity contribution in [2.45, 2.75) is 38.5 Å². The van der Waals surface area contributed by atoms with E-state index in [0.29, 0.717) is 5.92 Å². The van der Waals surface area contributed by atoms with Crippen LogP contribution >= 0.6 is 0 Å². The molecule has 2 fully saturated rings. The van der Waals surface area contributed by atoms with E-state index in [2.05, 4.69) is 44.1 Å². The molecule has 2 saturated carbocycles. The van der Waals surface area contributed by atoms with Crippen LogP contribution in [0.1, 0.15) is 42.7 Å². The summed E-state index contributed by atoms with van der Waals surface area (Å²) in [5.74, 6) is 4.47. The number of ether oxygens (including phenoxy) is 1. The van der Waals surface area contributed by atoms with Crippen LogP contribution in [0.3, 0.4) is 0 Å². The standard InChI is InChI=1S/C19H29NO/c1-13-5-7-16(11-19(13)21-4)17-10-14-6-8-15(9-14)18(17)12-20(2)3/h5,7,11,14-15,17-18H,6,8-10,12H2,1-4H3/t14-,15+,17?,18?/m1/s1. The molecule has 116 valence electrons. The summed E-state index contributed by atoms with van der Waals surface area (Å²) in [4.78, 5) is 2.38. The molecule has 0 saturated heterocycles. The van der Waals surface area contributed by atoms with E-state index in [1.807, 2.05) is 0 Å². The van der Waals surface area contributed by atoms with Gasteiger partial charge in [-0.3, -0.25) is 0 Å². The molecule has 2 aliphatic carbocycles. The number of rotatable bonds is 4. The van der Waals surface area contributed by atoms with Gasteiger partial charge in [0, 0.05) is 6.54 Å². The third kappa shape index (κ3) is 2.96. The first-order valence-corrected chi connectivity index (χ1v) is 8.37. The molecule has 0 aliphatic heterocycles. The number of nitrogens with zero attached hydrogens (tertiary/aromatic N) is 1. The highest BCUT2D eigenvalue weighted by Gasteiger charge is 2.42. The van der Waals surface area contributed by atoms with Crippen LogP contribution in [0.4, 0.5) is 0 Å². The average molecular weight is 287 g/mol. The zero-order valence-electron chi connectivity index (χ0n) is 13.9. The van der Waals surface area contributed by atoms with Crippen molar-refractivity contribution < 1.29 is 4.74 Å². The van der Waals surface area contributed by atoms with Crippen molar-refractivity contribution in [1.29, 1.82) is 0 Å². The third-order valence-corrected chi connectivity index (χ3v) is 5.73. The maximum atomic E-state index is 5.55. The fourth-order valence-corrected chi connectivity index (χ4v) is 4.73. The van der Waals surface area contributed by atoms with Crippen molar-refractivity contribution in [3.8, 4) is 5.75 Å². The van der Waals surface area contributed by atoms with Crippen molar-refractivity contribution in [2.75, 3.05) is 27.7 Å². The number of hydrogen-bond acceptors (Lipinski definition) is 2. The number of benzene rings is 1. The lowest BCUT2D eigenvalue weighted by atomic mass is 9.69. The monoisotopic (exact) mass is 287 g/mol. The van der Waals surface area contributed by atoms with Gasteiger partial charge >= 0.3 is 0 Å². The Morgan fingerprint density at radius 1 is 1.19 bits per heavy atom. The summed E-state index contributed by atoms with van der Waals surface area (Å²) >= 11 is 0. The Kier molecular flexibility index (Phi) is 4.26. The summed E-state index contributed by atoms with van der Waals surface area (Å²) < 4.78 is 5.55. The molecule has 2 unspecified atom stereocenters. The molecule has 2 bridgehead atoms. The van der Waals surface area contributed by atoms with Gasteiger partial charge in [-0.05, 0) is 81.1 Å². The molecule has 0 radical (unpaired) electrons. The first-order chi connectivity index (χ1) is 10.1. The molecule has 1 aromatic carbocycles. The summed E-state index contributed by atoms with van der Waals surface area (Å²) in [7, 11) is 6.22. The van der Waals surface area contributed by atoms with Gasteiger partial charge in [-0.1, -0.05) is 18.6 Å². The molecule has 1 aromatic rings. The molecule has 0 spiro atoms. The Labute approximate surface area is 129 Å². The van der Waals surface area contributed by atoms with Crippen molar-refractivity contribution >= 4 is 0 Å². The van der Waals surface area contributed by atoms with Gasteiger partial charge in [0.15, 0.2) is 0 Å². The molecule has 0 amide bonds.